The molecule has 1 aliphatic rings. The second kappa shape index (κ2) is 6.26. The van der Waals surface area contributed by atoms with Gasteiger partial charge in [-0.15, -0.1) is 0 Å². The van der Waals surface area contributed by atoms with Crippen LogP contribution in [0, 0.1) is 0 Å². The molecule has 0 spiro atoms. The van der Waals surface area contributed by atoms with Gasteiger partial charge < -0.3 is 5.32 Å². The van der Waals surface area contributed by atoms with Crippen LogP contribution in [0.2, 0.25) is 0 Å². The number of hydrogen-bond acceptors (Lipinski definition) is 4. The van der Waals surface area contributed by atoms with E-state index in [9.17, 15) is 8.42 Å². The number of nitrogens with zero attached hydrogens (tertiary/aromatic N) is 2. The zero-order valence-corrected chi connectivity index (χ0v) is 14.3. The molecule has 1 saturated heterocycles. The van der Waals surface area contributed by atoms with E-state index in [1.807, 2.05) is 36.4 Å². The van der Waals surface area contributed by atoms with Crippen LogP contribution in [-0.2, 0) is 16.6 Å². The summed E-state index contributed by atoms with van der Waals surface area (Å²) in [6.45, 7) is 1.16. The fourth-order valence-corrected chi connectivity index (χ4v) is 4.21. The third-order valence-corrected chi connectivity index (χ3v) is 5.84. The quantitative estimate of drug-likeness (QED) is 0.883. The molecule has 0 atom stereocenters. The molecule has 0 unspecified atom stereocenters. The molecule has 1 aromatic carbocycles. The van der Waals surface area contributed by atoms with E-state index in [2.05, 4.69) is 26.2 Å². The van der Waals surface area contributed by atoms with Crippen molar-refractivity contribution in [1.82, 2.24) is 4.98 Å². The van der Waals surface area contributed by atoms with Crippen molar-refractivity contribution in [3.05, 3.63) is 52.6 Å². The molecule has 3 rings (SSSR count). The van der Waals surface area contributed by atoms with Gasteiger partial charge in [-0.3, -0.25) is 4.31 Å². The van der Waals surface area contributed by atoms with E-state index in [0.29, 0.717) is 19.5 Å². The molecule has 0 radical (unpaired) electrons. The van der Waals surface area contributed by atoms with Crippen molar-refractivity contribution in [2.45, 2.75) is 13.0 Å². The lowest BCUT2D eigenvalue weighted by molar-refractivity contribution is 0.599. The van der Waals surface area contributed by atoms with Crippen LogP contribution in [0.1, 0.15) is 12.0 Å². The minimum absolute atomic E-state index is 0.234. The third-order valence-electron chi connectivity index (χ3n) is 3.50. The molecule has 0 bridgehead atoms. The highest BCUT2D eigenvalue weighted by Gasteiger charge is 2.28. The Bertz CT molecular complexity index is 763. The Morgan fingerprint density at radius 1 is 1.27 bits per heavy atom. The summed E-state index contributed by atoms with van der Waals surface area (Å²) in [5.41, 5.74) is 1.75. The fourth-order valence-electron chi connectivity index (χ4n) is 2.42. The number of rotatable bonds is 4. The molecule has 0 aliphatic carbocycles. The largest absolute Gasteiger partial charge is 0.366 e. The molecular formula is C15H16BrN3O2S. The number of pyridine rings is 1. The number of halogens is 1. The van der Waals surface area contributed by atoms with Gasteiger partial charge in [-0.05, 0) is 52.2 Å². The SMILES string of the molecule is O=S1(=O)CCCN1c1cccc(CNc2ccc(Br)cn2)c1. The normalized spacial score (nSPS) is 16.7. The molecule has 2 aromatic rings. The summed E-state index contributed by atoms with van der Waals surface area (Å²) in [6.07, 6.45) is 2.42. The van der Waals surface area contributed by atoms with Crippen LogP contribution in [0.25, 0.3) is 0 Å². The second-order valence-electron chi connectivity index (χ2n) is 5.13. The first kappa shape index (κ1) is 15.3. The summed E-state index contributed by atoms with van der Waals surface area (Å²) >= 11 is 3.35. The van der Waals surface area contributed by atoms with Gasteiger partial charge in [0.05, 0.1) is 11.4 Å². The monoisotopic (exact) mass is 381 g/mol. The summed E-state index contributed by atoms with van der Waals surface area (Å²) in [4.78, 5) is 4.25. The van der Waals surface area contributed by atoms with Crippen molar-refractivity contribution in [3.8, 4) is 0 Å². The minimum atomic E-state index is -3.13. The van der Waals surface area contributed by atoms with E-state index >= 15 is 0 Å². The Morgan fingerprint density at radius 2 is 2.14 bits per heavy atom. The number of nitrogens with one attached hydrogen (secondary N) is 1. The van der Waals surface area contributed by atoms with Crippen LogP contribution in [0.5, 0.6) is 0 Å². The molecule has 1 fully saturated rings. The third kappa shape index (κ3) is 3.41. The molecule has 7 heteroatoms. The second-order valence-corrected chi connectivity index (χ2v) is 8.06. The van der Waals surface area contributed by atoms with Crippen LogP contribution in [0.15, 0.2) is 47.1 Å². The van der Waals surface area contributed by atoms with E-state index in [1.54, 1.807) is 6.20 Å². The Hall–Kier alpha value is -1.60. The van der Waals surface area contributed by atoms with Gasteiger partial charge in [0.1, 0.15) is 5.82 Å². The molecule has 0 saturated carbocycles. The molecule has 1 aromatic heterocycles. The maximum absolute atomic E-state index is 12.0. The molecule has 0 amide bonds. The first-order chi connectivity index (χ1) is 10.5. The van der Waals surface area contributed by atoms with Crippen LogP contribution in [0.3, 0.4) is 0 Å². The molecule has 1 N–H and O–H groups in total. The molecule has 22 heavy (non-hydrogen) atoms. The molecular weight excluding hydrogens is 366 g/mol. The maximum Gasteiger partial charge on any atom is 0.235 e. The van der Waals surface area contributed by atoms with Gasteiger partial charge in [0.15, 0.2) is 0 Å². The van der Waals surface area contributed by atoms with Crippen molar-refractivity contribution >= 4 is 37.5 Å². The first-order valence-electron chi connectivity index (χ1n) is 6.99. The van der Waals surface area contributed by atoms with Gasteiger partial charge in [-0.1, -0.05) is 12.1 Å². The van der Waals surface area contributed by atoms with Crippen molar-refractivity contribution in [3.63, 3.8) is 0 Å². The lowest BCUT2D eigenvalue weighted by Crippen LogP contribution is -2.25. The highest BCUT2D eigenvalue weighted by Crippen LogP contribution is 2.25. The van der Waals surface area contributed by atoms with Gasteiger partial charge >= 0.3 is 0 Å². The van der Waals surface area contributed by atoms with E-state index in [1.165, 1.54) is 4.31 Å². The Kier molecular flexibility index (Phi) is 4.35. The number of sulfonamides is 1. The summed E-state index contributed by atoms with van der Waals surface area (Å²) in [5, 5.41) is 3.23. The van der Waals surface area contributed by atoms with Crippen LogP contribution in [-0.4, -0.2) is 25.7 Å². The average Bonchev–Trinajstić information content (AvgIpc) is 2.86. The zero-order chi connectivity index (χ0) is 15.6. The average molecular weight is 382 g/mol. The van der Waals surface area contributed by atoms with Crippen molar-refractivity contribution in [2.24, 2.45) is 0 Å². The van der Waals surface area contributed by atoms with Gasteiger partial charge in [0.2, 0.25) is 10.0 Å². The smallest absolute Gasteiger partial charge is 0.235 e. The van der Waals surface area contributed by atoms with E-state index in [-0.39, 0.29) is 5.75 Å². The number of hydrogen-bond donors (Lipinski definition) is 1. The molecule has 5 nitrogen and oxygen atoms in total. The summed E-state index contributed by atoms with van der Waals surface area (Å²) < 4.78 is 26.4. The fraction of sp³-hybridized carbons (Fsp3) is 0.267. The van der Waals surface area contributed by atoms with Crippen LogP contribution < -0.4 is 9.62 Å². The van der Waals surface area contributed by atoms with Crippen molar-refractivity contribution < 1.29 is 8.42 Å². The number of benzene rings is 1. The van der Waals surface area contributed by atoms with Gasteiger partial charge in [0, 0.05) is 23.8 Å². The maximum atomic E-state index is 12.0. The lowest BCUT2D eigenvalue weighted by atomic mass is 10.2. The molecule has 1 aliphatic heterocycles. The minimum Gasteiger partial charge on any atom is -0.366 e. The Balaban J connectivity index is 1.73. The standard InChI is InChI=1S/C15H16BrN3O2S/c16-13-5-6-15(18-11-13)17-10-12-3-1-4-14(9-12)19-7-2-8-22(19,20)21/h1,3-6,9,11H,2,7-8,10H2,(H,17,18). The highest BCUT2D eigenvalue weighted by atomic mass is 79.9. The molecule has 2 heterocycles. The lowest BCUT2D eigenvalue weighted by Gasteiger charge is -2.17. The van der Waals surface area contributed by atoms with Gasteiger partial charge in [0.25, 0.3) is 0 Å². The topological polar surface area (TPSA) is 62.3 Å². The Morgan fingerprint density at radius 3 is 2.82 bits per heavy atom. The van der Waals surface area contributed by atoms with Crippen LogP contribution >= 0.6 is 15.9 Å². The molecule has 116 valence electrons. The van der Waals surface area contributed by atoms with Crippen LogP contribution in [0.4, 0.5) is 11.5 Å². The summed E-state index contributed by atoms with van der Waals surface area (Å²) in [7, 11) is -3.13. The van der Waals surface area contributed by atoms with E-state index < -0.39 is 10.0 Å². The summed E-state index contributed by atoms with van der Waals surface area (Å²) in [5.74, 6) is 1.01. The number of anilines is 2. The van der Waals surface area contributed by atoms with Gasteiger partial charge in [-0.2, -0.15) is 0 Å². The predicted molar refractivity (Wildman–Crippen MR) is 91.5 cm³/mol. The highest BCUT2D eigenvalue weighted by molar-refractivity contribution is 9.10. The van der Waals surface area contributed by atoms with Gasteiger partial charge in [-0.25, -0.2) is 13.4 Å². The van der Waals surface area contributed by atoms with Crippen molar-refractivity contribution in [1.29, 1.82) is 0 Å². The zero-order valence-electron chi connectivity index (χ0n) is 11.9. The number of aromatic nitrogens is 1. The van der Waals surface area contributed by atoms with E-state index in [4.69, 9.17) is 0 Å². The van der Waals surface area contributed by atoms with E-state index in [0.717, 1.165) is 21.5 Å². The first-order valence-corrected chi connectivity index (χ1v) is 9.40. The summed E-state index contributed by atoms with van der Waals surface area (Å²) in [6, 6.07) is 11.4. The Labute approximate surface area is 138 Å². The predicted octanol–water partition coefficient (Wildman–Crippen LogP) is 3.00. The van der Waals surface area contributed by atoms with Crippen molar-refractivity contribution in [2.75, 3.05) is 21.9 Å².